The van der Waals surface area contributed by atoms with Gasteiger partial charge in [0, 0.05) is 12.2 Å². The summed E-state index contributed by atoms with van der Waals surface area (Å²) in [7, 11) is 0. The van der Waals surface area contributed by atoms with Crippen molar-refractivity contribution in [2.75, 3.05) is 10.6 Å². The molecule has 2 N–H and O–H groups in total. The summed E-state index contributed by atoms with van der Waals surface area (Å²) >= 11 is 0. The highest BCUT2D eigenvalue weighted by molar-refractivity contribution is 5.73. The number of anilines is 3. The zero-order chi connectivity index (χ0) is 21.0. The predicted octanol–water partition coefficient (Wildman–Crippen LogP) is 4.90. The Morgan fingerprint density at radius 3 is 2.38 bits per heavy atom. The highest BCUT2D eigenvalue weighted by Gasteiger charge is 2.31. The normalized spacial score (nSPS) is 11.2. The van der Waals surface area contributed by atoms with Crippen molar-refractivity contribution in [1.29, 1.82) is 0 Å². The van der Waals surface area contributed by atoms with Gasteiger partial charge >= 0.3 is 11.9 Å². The number of nitro groups is 1. The van der Waals surface area contributed by atoms with Gasteiger partial charge in [-0.1, -0.05) is 18.2 Å². The lowest BCUT2D eigenvalue weighted by Gasteiger charge is -2.12. The van der Waals surface area contributed by atoms with Gasteiger partial charge in [-0.3, -0.25) is 10.1 Å². The molecule has 0 unspecified atom stereocenters. The second kappa shape index (κ2) is 8.09. The quantitative estimate of drug-likeness (QED) is 0.343. The van der Waals surface area contributed by atoms with E-state index in [2.05, 4.69) is 20.6 Å². The Balaban J connectivity index is 1.87. The second-order valence-electron chi connectivity index (χ2n) is 5.86. The standard InChI is InChI=1S/C18H13F4N5O2/c19-13-6-4-11(5-7-13)9-23-16-15(27(28)29)17(25-10-24-16)26-14-3-1-2-12(8-14)18(20,21)22/h1-8,10H,9H2,(H2,23,24,25,26). The van der Waals surface area contributed by atoms with E-state index in [1.54, 1.807) is 0 Å². The van der Waals surface area contributed by atoms with Gasteiger partial charge in [0.25, 0.3) is 0 Å². The lowest BCUT2D eigenvalue weighted by Crippen LogP contribution is -2.09. The summed E-state index contributed by atoms with van der Waals surface area (Å²) in [6, 6.07) is 9.68. The minimum atomic E-state index is -4.56. The zero-order valence-electron chi connectivity index (χ0n) is 14.6. The molecule has 11 heteroatoms. The maximum absolute atomic E-state index is 13.0. The molecule has 0 bridgehead atoms. The fourth-order valence-electron chi connectivity index (χ4n) is 2.47. The molecule has 0 atom stereocenters. The first-order chi connectivity index (χ1) is 13.7. The molecule has 0 spiro atoms. The third-order valence-electron chi connectivity index (χ3n) is 3.83. The third kappa shape index (κ3) is 4.94. The van der Waals surface area contributed by atoms with Crippen LogP contribution in [0.15, 0.2) is 54.9 Å². The minimum absolute atomic E-state index is 0.0221. The summed E-state index contributed by atoms with van der Waals surface area (Å²) in [5.74, 6) is -0.830. The van der Waals surface area contributed by atoms with Crippen molar-refractivity contribution in [2.24, 2.45) is 0 Å². The van der Waals surface area contributed by atoms with Crippen molar-refractivity contribution >= 4 is 23.0 Å². The van der Waals surface area contributed by atoms with Crippen molar-refractivity contribution in [3.05, 3.63) is 81.9 Å². The minimum Gasteiger partial charge on any atom is -0.360 e. The lowest BCUT2D eigenvalue weighted by molar-refractivity contribution is -0.383. The maximum Gasteiger partial charge on any atom is 0.416 e. The summed E-state index contributed by atoms with van der Waals surface area (Å²) in [5.41, 5.74) is -0.821. The SMILES string of the molecule is O=[N+]([O-])c1c(NCc2ccc(F)cc2)ncnc1Nc1cccc(C(F)(F)F)c1. The van der Waals surface area contributed by atoms with E-state index in [0.717, 1.165) is 18.5 Å². The van der Waals surface area contributed by atoms with E-state index in [1.165, 1.54) is 36.4 Å². The van der Waals surface area contributed by atoms with Crippen LogP contribution >= 0.6 is 0 Å². The molecule has 0 saturated carbocycles. The highest BCUT2D eigenvalue weighted by atomic mass is 19.4. The van der Waals surface area contributed by atoms with Crippen LogP contribution in [0.1, 0.15) is 11.1 Å². The van der Waals surface area contributed by atoms with E-state index in [4.69, 9.17) is 0 Å². The highest BCUT2D eigenvalue weighted by Crippen LogP contribution is 2.34. The van der Waals surface area contributed by atoms with Crippen LogP contribution in [-0.4, -0.2) is 14.9 Å². The summed E-state index contributed by atoms with van der Waals surface area (Å²) < 4.78 is 51.6. The van der Waals surface area contributed by atoms with Crippen molar-refractivity contribution < 1.29 is 22.5 Å². The van der Waals surface area contributed by atoms with Crippen LogP contribution in [0, 0.1) is 15.9 Å². The van der Waals surface area contributed by atoms with Crippen LogP contribution < -0.4 is 10.6 Å². The Morgan fingerprint density at radius 2 is 1.72 bits per heavy atom. The average Bonchev–Trinajstić information content (AvgIpc) is 2.67. The molecule has 0 radical (unpaired) electrons. The first kappa shape index (κ1) is 20.0. The van der Waals surface area contributed by atoms with Gasteiger partial charge in [-0.05, 0) is 35.9 Å². The van der Waals surface area contributed by atoms with Gasteiger partial charge in [0.15, 0.2) is 0 Å². The first-order valence-corrected chi connectivity index (χ1v) is 8.16. The Bertz CT molecular complexity index is 1030. The third-order valence-corrected chi connectivity index (χ3v) is 3.83. The Morgan fingerprint density at radius 1 is 1.03 bits per heavy atom. The number of hydrogen-bond acceptors (Lipinski definition) is 6. The molecule has 0 fully saturated rings. The van der Waals surface area contributed by atoms with E-state index in [-0.39, 0.29) is 23.9 Å². The van der Waals surface area contributed by atoms with Gasteiger partial charge in [0.2, 0.25) is 11.6 Å². The van der Waals surface area contributed by atoms with Gasteiger partial charge in [0.05, 0.1) is 10.5 Å². The monoisotopic (exact) mass is 407 g/mol. The van der Waals surface area contributed by atoms with Gasteiger partial charge in [-0.25, -0.2) is 14.4 Å². The van der Waals surface area contributed by atoms with Crippen molar-refractivity contribution in [3.8, 4) is 0 Å². The smallest absolute Gasteiger partial charge is 0.360 e. The molecular formula is C18H13F4N5O2. The predicted molar refractivity (Wildman–Crippen MR) is 97.1 cm³/mol. The molecule has 3 aromatic rings. The van der Waals surface area contributed by atoms with Crippen molar-refractivity contribution in [2.45, 2.75) is 12.7 Å². The number of rotatable bonds is 6. The second-order valence-corrected chi connectivity index (χ2v) is 5.86. The average molecular weight is 407 g/mol. The summed E-state index contributed by atoms with van der Waals surface area (Å²) in [6.45, 7) is 0.112. The molecule has 29 heavy (non-hydrogen) atoms. The molecule has 0 aliphatic carbocycles. The van der Waals surface area contributed by atoms with Gasteiger partial charge in [-0.2, -0.15) is 13.2 Å². The largest absolute Gasteiger partial charge is 0.416 e. The number of nitrogens with one attached hydrogen (secondary N) is 2. The van der Waals surface area contributed by atoms with Crippen molar-refractivity contribution in [1.82, 2.24) is 9.97 Å². The molecule has 150 valence electrons. The van der Waals surface area contributed by atoms with E-state index in [0.29, 0.717) is 5.56 Å². The molecule has 7 nitrogen and oxygen atoms in total. The van der Waals surface area contributed by atoms with Crippen LogP contribution in [0.3, 0.4) is 0 Å². The number of benzene rings is 2. The van der Waals surface area contributed by atoms with Crippen molar-refractivity contribution in [3.63, 3.8) is 0 Å². The van der Waals surface area contributed by atoms with E-state index < -0.39 is 28.2 Å². The summed E-state index contributed by atoms with van der Waals surface area (Å²) in [6.07, 6.45) is -3.52. The Labute approximate surface area is 161 Å². The number of alkyl halides is 3. The fourth-order valence-corrected chi connectivity index (χ4v) is 2.47. The Kier molecular flexibility index (Phi) is 5.57. The summed E-state index contributed by atoms with van der Waals surface area (Å²) in [4.78, 5) is 18.4. The number of hydrogen-bond donors (Lipinski definition) is 2. The fraction of sp³-hybridized carbons (Fsp3) is 0.111. The molecule has 0 saturated heterocycles. The van der Waals surface area contributed by atoms with Crippen LogP contribution in [0.4, 0.5) is 40.6 Å². The molecular weight excluding hydrogens is 394 g/mol. The number of aromatic nitrogens is 2. The van der Waals surface area contributed by atoms with Crippen LogP contribution in [0.5, 0.6) is 0 Å². The summed E-state index contributed by atoms with van der Waals surface area (Å²) in [5, 5.41) is 16.8. The number of nitrogens with zero attached hydrogens (tertiary/aromatic N) is 3. The van der Waals surface area contributed by atoms with Gasteiger partial charge in [0.1, 0.15) is 12.1 Å². The van der Waals surface area contributed by atoms with Gasteiger partial charge < -0.3 is 10.6 Å². The topological polar surface area (TPSA) is 93.0 Å². The molecule has 0 aliphatic heterocycles. The Hall–Kier alpha value is -3.76. The first-order valence-electron chi connectivity index (χ1n) is 8.16. The molecule has 0 amide bonds. The molecule has 0 aliphatic rings. The lowest BCUT2D eigenvalue weighted by atomic mass is 10.2. The van der Waals surface area contributed by atoms with Gasteiger partial charge in [-0.15, -0.1) is 0 Å². The molecule has 2 aromatic carbocycles. The van der Waals surface area contributed by atoms with Crippen LogP contribution in [0.2, 0.25) is 0 Å². The molecule has 3 rings (SSSR count). The zero-order valence-corrected chi connectivity index (χ0v) is 14.6. The molecule has 1 heterocycles. The maximum atomic E-state index is 13.0. The van der Waals surface area contributed by atoms with E-state index in [1.807, 2.05) is 0 Å². The molecule has 1 aromatic heterocycles. The van der Waals surface area contributed by atoms with Crippen LogP contribution in [-0.2, 0) is 12.7 Å². The van der Waals surface area contributed by atoms with E-state index >= 15 is 0 Å². The number of halogens is 4. The van der Waals surface area contributed by atoms with E-state index in [9.17, 15) is 27.7 Å². The van der Waals surface area contributed by atoms with Crippen LogP contribution in [0.25, 0.3) is 0 Å².